The predicted molar refractivity (Wildman–Crippen MR) is 372 cm³/mol. The van der Waals surface area contributed by atoms with Gasteiger partial charge in [0.05, 0.1) is 138 Å². The van der Waals surface area contributed by atoms with Gasteiger partial charge in [0.25, 0.3) is 17.7 Å². The van der Waals surface area contributed by atoms with Crippen molar-refractivity contribution >= 4 is 80.0 Å². The number of fused-ring (bicyclic) bond motifs is 19. The average molecular weight is 1480 g/mol. The van der Waals surface area contributed by atoms with Crippen LogP contribution in [-0.2, 0) is 42.2 Å². The van der Waals surface area contributed by atoms with Gasteiger partial charge in [-0.3, -0.25) is 32.9 Å². The maximum Gasteiger partial charge on any atom is 0.358 e. The van der Waals surface area contributed by atoms with Gasteiger partial charge in [0.15, 0.2) is 28.8 Å². The van der Waals surface area contributed by atoms with Crippen LogP contribution in [0, 0.1) is 19.7 Å². The second-order valence-corrected chi connectivity index (χ2v) is 25.8. The lowest BCUT2D eigenvalue weighted by Crippen LogP contribution is -2.26. The molecule has 102 heavy (non-hydrogen) atoms. The van der Waals surface area contributed by atoms with E-state index in [0.29, 0.717) is 69.2 Å². The molecule has 0 bridgehead atoms. The van der Waals surface area contributed by atoms with Crippen molar-refractivity contribution in [1.82, 2.24) is 92.0 Å². The molecule has 0 N–H and O–H groups in total. The first-order valence-electron chi connectivity index (χ1n) is 31.5. The molecule has 0 spiro atoms. The standard InChI is InChI=1S/C15H14FN3O3.C15H14N6O3.C13H10BrN5.C13H10ClN5.C12H11N3O2S/c1-3-22-15(21)13-12-7-18(2)14(20)10-6-9(16)4-5-11(10)19(12)8-17-13;1-3-24-15(23)13-12-7-20(2)14(22)10-6-9(18-19-16)4-5-11(10)21(12)8-17-13;2*1-8-12-5-19-13(15-6-17-19)10-4-9(14)2-3-11(10)18(12)7-16-8;1-7(16)10-9-5-14(2)12(17)11-8(3-4-18-11)15(9)6-13-10/h4-6,8H,3,7H2,1-2H3;4-6,8H,3,7H2,1-2H3;2*2-4,6-7H,5H2,1H3;3-4,6H,5H2,1-2H3. The lowest BCUT2D eigenvalue weighted by atomic mass is 10.1. The number of Topliss-reactive ketones (excluding diaryl/α,β-unsaturated/α-hetero) is 1. The highest BCUT2D eigenvalue weighted by atomic mass is 79.9. The largest absolute Gasteiger partial charge is 0.461 e. The SMILES string of the molecule is CC(=O)c1ncn2c1CN(C)C(=O)c1sccc1-2.CCOC(=O)c1ncn2c1CN(C)C(=O)c1cc(F)ccc1-2.CCOC(=O)c1ncn2c1CN(C)C(=O)c1cc(N=[N+]=[N-])ccc1-2.Cc1ncn2c1Cn1ncnc1-c1cc(Br)ccc1-2.Cc1ncn2c1Cn1ncnc1-c1cc(Cl)ccc1-2. The predicted octanol–water partition coefficient (Wildman–Crippen LogP) is 11.1. The smallest absolute Gasteiger partial charge is 0.358 e. The normalized spacial score (nSPS) is 13.0. The summed E-state index contributed by atoms with van der Waals surface area (Å²) < 4.78 is 37.6. The number of thiophene rings is 1. The number of hydrogen-bond donors (Lipinski definition) is 0. The lowest BCUT2D eigenvalue weighted by Gasteiger charge is -2.14. The zero-order valence-electron chi connectivity index (χ0n) is 55.7. The van der Waals surface area contributed by atoms with Gasteiger partial charge >= 0.3 is 11.9 Å². The number of halogens is 3. The van der Waals surface area contributed by atoms with Gasteiger partial charge in [-0.2, -0.15) is 10.2 Å². The molecule has 3 amide bonds. The van der Waals surface area contributed by atoms with Crippen LogP contribution in [0.5, 0.6) is 0 Å². The van der Waals surface area contributed by atoms with Crippen molar-refractivity contribution in [2.24, 2.45) is 5.11 Å². The van der Waals surface area contributed by atoms with Gasteiger partial charge < -0.3 is 33.3 Å². The molecule has 5 aliphatic heterocycles. The molecule has 0 fully saturated rings. The topological polar surface area (TPSA) is 330 Å². The van der Waals surface area contributed by atoms with Crippen LogP contribution < -0.4 is 0 Å². The molecule has 0 saturated heterocycles. The van der Waals surface area contributed by atoms with Crippen LogP contribution in [0.4, 0.5) is 10.1 Å². The van der Waals surface area contributed by atoms with Crippen molar-refractivity contribution in [3.05, 3.63) is 227 Å². The number of carbonyl (C=O) groups is 6. The minimum absolute atomic E-state index is 0.0156. The van der Waals surface area contributed by atoms with Crippen molar-refractivity contribution < 1.29 is 42.6 Å². The third-order valence-corrected chi connectivity index (χ3v) is 18.8. The monoisotopic (exact) mass is 1480 g/mol. The second kappa shape index (κ2) is 28.3. The Hall–Kier alpha value is -12.1. The van der Waals surface area contributed by atoms with Crippen LogP contribution in [0.2, 0.25) is 5.02 Å². The van der Waals surface area contributed by atoms with Gasteiger partial charge in [-0.15, -0.1) is 11.3 Å². The van der Waals surface area contributed by atoms with Crippen molar-refractivity contribution in [2.75, 3.05) is 34.4 Å². The third kappa shape index (κ3) is 12.8. The lowest BCUT2D eigenvalue weighted by molar-refractivity contribution is 0.0507. The summed E-state index contributed by atoms with van der Waals surface area (Å²) in [5.74, 6) is -0.480. The molecule has 0 unspecified atom stereocenters. The number of hydrogen-bond acceptors (Lipinski definition) is 19. The molecule has 4 aromatic carbocycles. The first kappa shape index (κ1) is 68.5. The van der Waals surface area contributed by atoms with Crippen molar-refractivity contribution in [3.63, 3.8) is 0 Å². The maximum absolute atomic E-state index is 13.5. The molecule has 5 aliphatic rings. The molecule has 0 atom stereocenters. The summed E-state index contributed by atoms with van der Waals surface area (Å²) in [7, 11) is 4.96. The maximum atomic E-state index is 13.5. The second-order valence-electron chi connectivity index (χ2n) is 23.5. The number of aryl methyl sites for hydroxylation is 2. The van der Waals surface area contributed by atoms with Gasteiger partial charge in [0.2, 0.25) is 0 Å². The Bertz CT molecular complexity index is 5290. The number of nitrogens with zero attached hydrogens (tertiary/aromatic N) is 22. The van der Waals surface area contributed by atoms with E-state index in [4.69, 9.17) is 26.6 Å². The Morgan fingerprint density at radius 2 is 1.01 bits per heavy atom. The number of ether oxygens (including phenoxy) is 2. The number of esters is 2. The first-order valence-corrected chi connectivity index (χ1v) is 33.5. The fraction of sp³-hybridized carbons (Fsp3) is 0.221. The summed E-state index contributed by atoms with van der Waals surface area (Å²) >= 11 is 11.0. The quantitative estimate of drug-likeness (QED) is 0.0491. The van der Waals surface area contributed by atoms with Crippen LogP contribution in [0.15, 0.2) is 138 Å². The summed E-state index contributed by atoms with van der Waals surface area (Å²) in [6, 6.07) is 22.6. The van der Waals surface area contributed by atoms with E-state index in [9.17, 15) is 33.2 Å². The number of rotatable bonds is 6. The number of ketones is 1. The highest BCUT2D eigenvalue weighted by Crippen LogP contribution is 2.37. The van der Waals surface area contributed by atoms with Gasteiger partial charge in [-0.1, -0.05) is 38.7 Å². The van der Waals surface area contributed by atoms with E-state index in [1.54, 1.807) is 80.1 Å². The number of benzene rings is 4. The number of imidazole rings is 5. The molecule has 516 valence electrons. The number of aromatic nitrogens is 16. The van der Waals surface area contributed by atoms with E-state index in [1.165, 1.54) is 65.0 Å². The average Bonchev–Trinajstić information content (AvgIpc) is 1.68. The molecular weight excluding hydrogens is 1420 g/mol. The molecule has 0 saturated carbocycles. The van der Waals surface area contributed by atoms with Crippen LogP contribution in [0.3, 0.4) is 0 Å². The van der Waals surface area contributed by atoms with Crippen LogP contribution in [0.1, 0.15) is 122 Å². The van der Waals surface area contributed by atoms with Gasteiger partial charge in [0, 0.05) is 59.3 Å². The van der Waals surface area contributed by atoms with Crippen LogP contribution >= 0.6 is 38.9 Å². The van der Waals surface area contributed by atoms with E-state index >= 15 is 0 Å². The summed E-state index contributed by atoms with van der Waals surface area (Å²) in [5, 5.41) is 14.7. The summed E-state index contributed by atoms with van der Waals surface area (Å²) in [5.41, 5.74) is 22.5. The summed E-state index contributed by atoms with van der Waals surface area (Å²) in [4.78, 5) is 111. The molecule has 17 rings (SSSR count). The molecule has 30 nitrogen and oxygen atoms in total. The number of azide groups is 1. The number of amides is 3. The minimum atomic E-state index is -0.539. The fourth-order valence-corrected chi connectivity index (χ4v) is 13.7. The van der Waals surface area contributed by atoms with Gasteiger partial charge in [-0.05, 0) is 111 Å². The fourth-order valence-electron chi connectivity index (χ4n) is 12.2. The van der Waals surface area contributed by atoms with E-state index in [1.807, 2.05) is 76.1 Å². The molecule has 0 aliphatic carbocycles. The molecule has 0 radical (unpaired) electrons. The Morgan fingerprint density at radius 3 is 1.55 bits per heavy atom. The molecular formula is C68H59BrClFN22O8S. The molecule has 12 aromatic rings. The minimum Gasteiger partial charge on any atom is -0.461 e. The Labute approximate surface area is 596 Å². The zero-order valence-corrected chi connectivity index (χ0v) is 58.9. The molecule has 13 heterocycles. The highest BCUT2D eigenvalue weighted by molar-refractivity contribution is 9.10. The van der Waals surface area contributed by atoms with Crippen LogP contribution in [0.25, 0.3) is 61.7 Å². The van der Waals surface area contributed by atoms with E-state index in [2.05, 4.69) is 92.3 Å². The summed E-state index contributed by atoms with van der Waals surface area (Å²) in [6.45, 7) is 11.6. The zero-order chi connectivity index (χ0) is 71.9. The first-order chi connectivity index (χ1) is 49.2. The molecule has 34 heteroatoms. The van der Waals surface area contributed by atoms with Gasteiger partial charge in [-0.25, -0.2) is 58.2 Å². The summed E-state index contributed by atoms with van der Waals surface area (Å²) in [6.07, 6.45) is 11.4. The van der Waals surface area contributed by atoms with Crippen molar-refractivity contribution in [3.8, 4) is 51.2 Å². The van der Waals surface area contributed by atoms with Gasteiger partial charge in [0.1, 0.15) is 48.0 Å². The van der Waals surface area contributed by atoms with E-state index < -0.39 is 17.8 Å². The van der Waals surface area contributed by atoms with E-state index in [0.717, 1.165) is 72.8 Å². The van der Waals surface area contributed by atoms with Crippen molar-refractivity contribution in [2.45, 2.75) is 67.3 Å². The van der Waals surface area contributed by atoms with Crippen molar-refractivity contribution in [1.29, 1.82) is 0 Å². The highest BCUT2D eigenvalue weighted by Gasteiger charge is 2.33. The Morgan fingerprint density at radius 1 is 0.559 bits per heavy atom. The third-order valence-electron chi connectivity index (χ3n) is 17.1. The number of carbonyl (C=O) groups excluding carboxylic acids is 6. The van der Waals surface area contributed by atoms with Crippen LogP contribution in [-0.4, -0.2) is 162 Å². The Kier molecular flexibility index (Phi) is 19.0. The van der Waals surface area contributed by atoms with E-state index in [-0.39, 0.29) is 66.8 Å². The Balaban J connectivity index is 0.000000114. The molecule has 8 aromatic heterocycles.